The van der Waals surface area contributed by atoms with Crippen LogP contribution in [0, 0.1) is 5.82 Å². The number of hydrogen-bond acceptors (Lipinski definition) is 4. The molecule has 0 bridgehead atoms. The molecule has 0 saturated heterocycles. The van der Waals surface area contributed by atoms with Crippen molar-refractivity contribution in [1.82, 2.24) is 20.2 Å². The SMILES string of the molecule is [K+].[O-]c1ccc(-n2cnnn2)cc1F. The zero-order valence-electron chi connectivity index (χ0n) is 7.38. The first-order chi connectivity index (χ1) is 6.27. The standard InChI is InChI=1S/C7H5FN4O.K/c8-6-3-5(1-2-7(6)13)12-4-9-10-11-12;/h1-4,13H;/q;+1/p-1. The van der Waals surface area contributed by atoms with Crippen LogP contribution in [0.25, 0.3) is 5.69 Å². The molecule has 1 aromatic heterocycles. The fourth-order valence-corrected chi connectivity index (χ4v) is 0.912. The van der Waals surface area contributed by atoms with Gasteiger partial charge < -0.3 is 5.11 Å². The van der Waals surface area contributed by atoms with Crippen LogP contribution in [0.2, 0.25) is 0 Å². The average molecular weight is 218 g/mol. The van der Waals surface area contributed by atoms with E-state index in [9.17, 15) is 9.50 Å². The Hall–Kier alpha value is -0.344. The summed E-state index contributed by atoms with van der Waals surface area (Å²) in [6.07, 6.45) is 1.32. The van der Waals surface area contributed by atoms with Crippen LogP contribution in [0.5, 0.6) is 5.75 Å². The maximum atomic E-state index is 12.8. The van der Waals surface area contributed by atoms with Gasteiger partial charge in [0.15, 0.2) is 0 Å². The Kier molecular flexibility index (Phi) is 4.14. The first kappa shape index (κ1) is 11.7. The van der Waals surface area contributed by atoms with Crippen molar-refractivity contribution in [1.29, 1.82) is 0 Å². The van der Waals surface area contributed by atoms with Crippen LogP contribution >= 0.6 is 0 Å². The summed E-state index contributed by atoms with van der Waals surface area (Å²) in [5.74, 6) is -1.45. The maximum absolute atomic E-state index is 12.8. The van der Waals surface area contributed by atoms with E-state index in [2.05, 4.69) is 15.5 Å². The van der Waals surface area contributed by atoms with E-state index in [0.29, 0.717) is 5.69 Å². The predicted octanol–water partition coefficient (Wildman–Crippen LogP) is -3.12. The van der Waals surface area contributed by atoms with E-state index in [1.807, 2.05) is 0 Å². The summed E-state index contributed by atoms with van der Waals surface area (Å²) in [7, 11) is 0. The molecule has 2 aromatic rings. The molecule has 7 heteroatoms. The van der Waals surface area contributed by atoms with Crippen LogP contribution in [0.4, 0.5) is 4.39 Å². The average Bonchev–Trinajstić information content (AvgIpc) is 2.62. The fraction of sp³-hybridized carbons (Fsp3) is 0. The van der Waals surface area contributed by atoms with E-state index in [4.69, 9.17) is 0 Å². The minimum absolute atomic E-state index is 0. The summed E-state index contributed by atoms with van der Waals surface area (Å²) in [5.41, 5.74) is 0.419. The van der Waals surface area contributed by atoms with Gasteiger partial charge in [-0.1, -0.05) is 11.8 Å². The molecule has 66 valence electrons. The van der Waals surface area contributed by atoms with Crippen LogP contribution in [0.1, 0.15) is 0 Å². The molecule has 1 aromatic carbocycles. The van der Waals surface area contributed by atoms with E-state index in [1.165, 1.54) is 17.1 Å². The molecule has 0 aliphatic heterocycles. The number of halogens is 1. The molecule has 0 radical (unpaired) electrons. The first-order valence-corrected chi connectivity index (χ1v) is 3.47. The molecule has 0 fully saturated rings. The van der Waals surface area contributed by atoms with Gasteiger partial charge in [-0.05, 0) is 22.6 Å². The van der Waals surface area contributed by atoms with Crippen molar-refractivity contribution in [3.05, 3.63) is 30.3 Å². The number of aromatic nitrogens is 4. The molecule has 5 nitrogen and oxygen atoms in total. The van der Waals surface area contributed by atoms with Crippen molar-refractivity contribution < 1.29 is 60.9 Å². The molecule has 0 aliphatic rings. The van der Waals surface area contributed by atoms with Gasteiger partial charge in [-0.25, -0.2) is 9.07 Å². The van der Waals surface area contributed by atoms with Gasteiger partial charge in [-0.15, -0.1) is 5.10 Å². The zero-order chi connectivity index (χ0) is 9.26. The summed E-state index contributed by atoms with van der Waals surface area (Å²) in [4.78, 5) is 0. The van der Waals surface area contributed by atoms with Crippen LogP contribution in [0.15, 0.2) is 24.5 Å². The van der Waals surface area contributed by atoms with Gasteiger partial charge in [0.25, 0.3) is 0 Å². The topological polar surface area (TPSA) is 66.7 Å². The molecule has 14 heavy (non-hydrogen) atoms. The van der Waals surface area contributed by atoms with Gasteiger partial charge in [-0.2, -0.15) is 0 Å². The number of nitrogens with zero attached hydrogens (tertiary/aromatic N) is 4. The van der Waals surface area contributed by atoms with E-state index in [1.54, 1.807) is 0 Å². The molecule has 0 atom stereocenters. The van der Waals surface area contributed by atoms with Crippen LogP contribution in [-0.2, 0) is 0 Å². The number of rotatable bonds is 1. The molecule has 0 N–H and O–H groups in total. The second kappa shape index (κ2) is 4.94. The number of tetrazole rings is 1. The van der Waals surface area contributed by atoms with Gasteiger partial charge in [0, 0.05) is 0 Å². The molecule has 2 rings (SSSR count). The van der Waals surface area contributed by atoms with Crippen LogP contribution < -0.4 is 56.5 Å². The van der Waals surface area contributed by atoms with Crippen molar-refractivity contribution in [3.8, 4) is 11.4 Å². The summed E-state index contributed by atoms with van der Waals surface area (Å²) >= 11 is 0. The third-order valence-corrected chi connectivity index (χ3v) is 1.53. The van der Waals surface area contributed by atoms with Crippen molar-refractivity contribution in [2.75, 3.05) is 0 Å². The molecule has 0 spiro atoms. The zero-order valence-corrected chi connectivity index (χ0v) is 10.5. The van der Waals surface area contributed by atoms with Gasteiger partial charge in [-0.3, -0.25) is 0 Å². The monoisotopic (exact) mass is 218 g/mol. The summed E-state index contributed by atoms with van der Waals surface area (Å²) in [5, 5.41) is 21.0. The Morgan fingerprint density at radius 2 is 2.14 bits per heavy atom. The van der Waals surface area contributed by atoms with Crippen molar-refractivity contribution >= 4 is 0 Å². The minimum Gasteiger partial charge on any atom is -0.870 e. The molecule has 0 amide bonds. The van der Waals surface area contributed by atoms with Crippen molar-refractivity contribution in [3.63, 3.8) is 0 Å². The normalized spacial score (nSPS) is 9.50. The van der Waals surface area contributed by atoms with E-state index >= 15 is 0 Å². The van der Waals surface area contributed by atoms with Gasteiger partial charge in [0.2, 0.25) is 0 Å². The first-order valence-electron chi connectivity index (χ1n) is 3.47. The summed E-state index contributed by atoms with van der Waals surface area (Å²) in [6, 6.07) is 3.66. The molecule has 1 heterocycles. The third-order valence-electron chi connectivity index (χ3n) is 1.53. The molecular formula is C7H4FKN4O. The van der Waals surface area contributed by atoms with Crippen molar-refractivity contribution in [2.24, 2.45) is 0 Å². The Balaban J connectivity index is 0.000000980. The van der Waals surface area contributed by atoms with Crippen LogP contribution in [-0.4, -0.2) is 20.2 Å². The summed E-state index contributed by atoms with van der Waals surface area (Å²) in [6.45, 7) is 0. The van der Waals surface area contributed by atoms with Crippen LogP contribution in [0.3, 0.4) is 0 Å². The van der Waals surface area contributed by atoms with Gasteiger partial charge >= 0.3 is 51.4 Å². The maximum Gasteiger partial charge on any atom is 1.00 e. The third kappa shape index (κ3) is 2.37. The van der Waals surface area contributed by atoms with Gasteiger partial charge in [0.1, 0.15) is 12.1 Å². The number of benzene rings is 1. The Morgan fingerprint density at radius 3 is 2.71 bits per heavy atom. The van der Waals surface area contributed by atoms with E-state index in [-0.39, 0.29) is 51.4 Å². The second-order valence-electron chi connectivity index (χ2n) is 2.37. The quantitative estimate of drug-likeness (QED) is 0.475. The number of hydrogen-bond donors (Lipinski definition) is 0. The second-order valence-corrected chi connectivity index (χ2v) is 2.37. The van der Waals surface area contributed by atoms with E-state index < -0.39 is 11.6 Å². The Bertz CT molecular complexity index is 420. The Morgan fingerprint density at radius 1 is 1.36 bits per heavy atom. The Labute approximate surface area is 121 Å². The molecule has 0 unspecified atom stereocenters. The smallest absolute Gasteiger partial charge is 0.870 e. The predicted molar refractivity (Wildman–Crippen MR) is 38.6 cm³/mol. The van der Waals surface area contributed by atoms with Gasteiger partial charge in [0.05, 0.1) is 5.69 Å². The molecular weight excluding hydrogens is 214 g/mol. The summed E-state index contributed by atoms with van der Waals surface area (Å²) < 4.78 is 14.0. The fourth-order valence-electron chi connectivity index (χ4n) is 0.912. The largest absolute Gasteiger partial charge is 1.00 e. The van der Waals surface area contributed by atoms with Crippen molar-refractivity contribution in [2.45, 2.75) is 0 Å². The molecule has 0 aliphatic carbocycles. The minimum atomic E-state index is -0.812. The molecule has 0 saturated carbocycles. The van der Waals surface area contributed by atoms with E-state index in [0.717, 1.165) is 12.1 Å².